The van der Waals surface area contributed by atoms with E-state index in [0.29, 0.717) is 17.5 Å². The highest BCUT2D eigenvalue weighted by molar-refractivity contribution is 7.91. The van der Waals surface area contributed by atoms with Gasteiger partial charge in [-0.2, -0.15) is 0 Å². The summed E-state index contributed by atoms with van der Waals surface area (Å²) in [7, 11) is -2.80. The summed E-state index contributed by atoms with van der Waals surface area (Å²) < 4.78 is 27.8. The first-order valence-electron chi connectivity index (χ1n) is 5.58. The molecule has 1 rings (SSSR count). The predicted molar refractivity (Wildman–Crippen MR) is 68.2 cm³/mol. The lowest BCUT2D eigenvalue weighted by Gasteiger charge is -2.16. The Labute approximate surface area is 103 Å². The highest BCUT2D eigenvalue weighted by Crippen LogP contribution is 2.17. The Morgan fingerprint density at radius 3 is 2.81 bits per heavy atom. The zero-order valence-corrected chi connectivity index (χ0v) is 11.4. The highest BCUT2D eigenvalue weighted by atomic mass is 32.2. The van der Waals surface area contributed by atoms with E-state index in [1.54, 1.807) is 0 Å². The molecule has 0 radical (unpaired) electrons. The Kier molecular flexibility index (Phi) is 4.98. The van der Waals surface area contributed by atoms with Gasteiger partial charge in [0.1, 0.15) is 0 Å². The SMILES string of the molecule is CC[C@@H](C)OC(=S)NC[C@@H]1CCS(=O)(=O)C1. The van der Waals surface area contributed by atoms with Crippen molar-refractivity contribution in [2.75, 3.05) is 18.1 Å². The summed E-state index contributed by atoms with van der Waals surface area (Å²) in [5, 5.41) is 3.35. The topological polar surface area (TPSA) is 55.4 Å². The number of hydrogen-bond acceptors (Lipinski definition) is 4. The Balaban J connectivity index is 2.23. The van der Waals surface area contributed by atoms with Crippen LogP contribution in [0, 0.1) is 5.92 Å². The largest absolute Gasteiger partial charge is 0.468 e. The van der Waals surface area contributed by atoms with Crippen molar-refractivity contribution in [2.45, 2.75) is 32.8 Å². The first kappa shape index (κ1) is 13.7. The molecule has 16 heavy (non-hydrogen) atoms. The minimum Gasteiger partial charge on any atom is -0.468 e. The van der Waals surface area contributed by atoms with E-state index in [1.807, 2.05) is 13.8 Å². The molecule has 6 heteroatoms. The fourth-order valence-electron chi connectivity index (χ4n) is 1.57. The maximum absolute atomic E-state index is 11.2. The molecule has 1 aliphatic heterocycles. The molecular weight excluding hydrogens is 246 g/mol. The Hall–Kier alpha value is -0.360. The van der Waals surface area contributed by atoms with E-state index in [0.717, 1.165) is 12.8 Å². The van der Waals surface area contributed by atoms with Crippen LogP contribution in [0.1, 0.15) is 26.7 Å². The van der Waals surface area contributed by atoms with Gasteiger partial charge in [0.25, 0.3) is 5.17 Å². The smallest absolute Gasteiger partial charge is 0.256 e. The van der Waals surface area contributed by atoms with E-state index in [2.05, 4.69) is 5.32 Å². The van der Waals surface area contributed by atoms with Crippen molar-refractivity contribution in [1.82, 2.24) is 5.32 Å². The van der Waals surface area contributed by atoms with Gasteiger partial charge >= 0.3 is 0 Å². The fraction of sp³-hybridized carbons (Fsp3) is 0.900. The van der Waals surface area contributed by atoms with Crippen LogP contribution in [0.4, 0.5) is 0 Å². The van der Waals surface area contributed by atoms with Crippen molar-refractivity contribution >= 4 is 27.2 Å². The molecule has 0 spiro atoms. The standard InChI is InChI=1S/C10H19NO3S2/c1-3-8(2)14-10(15)11-6-9-4-5-16(12,13)7-9/h8-9H,3-7H2,1-2H3,(H,11,15)/t8-,9+/m1/s1. The third-order valence-corrected chi connectivity index (χ3v) is 4.82. The van der Waals surface area contributed by atoms with E-state index in [1.165, 1.54) is 0 Å². The second kappa shape index (κ2) is 5.82. The second-order valence-electron chi connectivity index (χ2n) is 4.27. The average molecular weight is 265 g/mol. The quantitative estimate of drug-likeness (QED) is 0.772. The normalized spacial score (nSPS) is 25.0. The van der Waals surface area contributed by atoms with Crippen LogP contribution in [0.3, 0.4) is 0 Å². The van der Waals surface area contributed by atoms with Crippen molar-refractivity contribution in [3.8, 4) is 0 Å². The van der Waals surface area contributed by atoms with Gasteiger partial charge < -0.3 is 10.1 Å². The first-order chi connectivity index (χ1) is 7.43. The van der Waals surface area contributed by atoms with E-state index in [-0.39, 0.29) is 17.8 Å². The van der Waals surface area contributed by atoms with E-state index < -0.39 is 9.84 Å². The number of sulfone groups is 1. The van der Waals surface area contributed by atoms with Crippen LogP contribution in [-0.4, -0.2) is 37.7 Å². The van der Waals surface area contributed by atoms with E-state index in [9.17, 15) is 8.42 Å². The molecule has 2 atom stereocenters. The number of nitrogens with one attached hydrogen (secondary N) is 1. The molecule has 0 saturated carbocycles. The monoisotopic (exact) mass is 265 g/mol. The number of ether oxygens (including phenoxy) is 1. The van der Waals surface area contributed by atoms with Gasteiger partial charge in [-0.3, -0.25) is 0 Å². The molecule has 4 nitrogen and oxygen atoms in total. The van der Waals surface area contributed by atoms with Crippen LogP contribution in [0.15, 0.2) is 0 Å². The third-order valence-electron chi connectivity index (χ3n) is 2.74. The average Bonchev–Trinajstić information content (AvgIpc) is 2.55. The number of rotatable bonds is 4. The van der Waals surface area contributed by atoms with Crippen LogP contribution < -0.4 is 5.32 Å². The summed E-state index contributed by atoms with van der Waals surface area (Å²) in [6.45, 7) is 4.57. The predicted octanol–water partition coefficient (Wildman–Crippen LogP) is 1.11. The lowest BCUT2D eigenvalue weighted by molar-refractivity contribution is 0.199. The van der Waals surface area contributed by atoms with Crippen LogP contribution in [0.25, 0.3) is 0 Å². The Morgan fingerprint density at radius 1 is 1.62 bits per heavy atom. The lowest BCUT2D eigenvalue weighted by atomic mass is 10.1. The van der Waals surface area contributed by atoms with Gasteiger partial charge in [-0.25, -0.2) is 8.42 Å². The Morgan fingerprint density at radius 2 is 2.31 bits per heavy atom. The summed E-state index contributed by atoms with van der Waals surface area (Å²) in [6.07, 6.45) is 1.73. The van der Waals surface area contributed by atoms with Crippen molar-refractivity contribution in [3.05, 3.63) is 0 Å². The summed E-state index contributed by atoms with van der Waals surface area (Å²) >= 11 is 5.01. The molecule has 0 bridgehead atoms. The van der Waals surface area contributed by atoms with Gasteiger partial charge in [0.05, 0.1) is 17.6 Å². The van der Waals surface area contributed by atoms with Gasteiger partial charge in [-0.05, 0) is 37.9 Å². The van der Waals surface area contributed by atoms with Crippen LogP contribution in [0.5, 0.6) is 0 Å². The molecule has 0 amide bonds. The molecule has 94 valence electrons. The molecule has 0 aromatic rings. The summed E-state index contributed by atoms with van der Waals surface area (Å²) in [4.78, 5) is 0. The molecule has 1 heterocycles. The number of hydrogen-bond donors (Lipinski definition) is 1. The van der Waals surface area contributed by atoms with Gasteiger partial charge in [0, 0.05) is 6.54 Å². The molecule has 1 fully saturated rings. The second-order valence-corrected chi connectivity index (χ2v) is 6.87. The van der Waals surface area contributed by atoms with Crippen molar-refractivity contribution in [3.63, 3.8) is 0 Å². The van der Waals surface area contributed by atoms with E-state index >= 15 is 0 Å². The van der Waals surface area contributed by atoms with Crippen LogP contribution >= 0.6 is 12.2 Å². The molecule has 1 N–H and O–H groups in total. The van der Waals surface area contributed by atoms with Crippen molar-refractivity contribution < 1.29 is 13.2 Å². The molecule has 0 unspecified atom stereocenters. The molecule has 0 aromatic heterocycles. The minimum absolute atomic E-state index is 0.104. The maximum atomic E-state index is 11.2. The van der Waals surface area contributed by atoms with Gasteiger partial charge in [-0.15, -0.1) is 0 Å². The molecule has 0 aromatic carbocycles. The minimum atomic E-state index is -2.80. The van der Waals surface area contributed by atoms with Crippen molar-refractivity contribution in [2.24, 2.45) is 5.92 Å². The van der Waals surface area contributed by atoms with Crippen molar-refractivity contribution in [1.29, 1.82) is 0 Å². The molecular formula is C10H19NO3S2. The molecule has 1 aliphatic rings. The Bertz CT molecular complexity index is 340. The third kappa shape index (κ3) is 4.65. The van der Waals surface area contributed by atoms with Gasteiger partial charge in [0.15, 0.2) is 9.84 Å². The number of thiocarbonyl (C=S) groups is 1. The first-order valence-corrected chi connectivity index (χ1v) is 7.81. The van der Waals surface area contributed by atoms with Gasteiger partial charge in [-0.1, -0.05) is 6.92 Å². The summed E-state index contributed by atoms with van der Waals surface area (Å²) in [5.74, 6) is 0.744. The molecule has 0 aliphatic carbocycles. The summed E-state index contributed by atoms with van der Waals surface area (Å²) in [6, 6.07) is 0. The highest BCUT2D eigenvalue weighted by Gasteiger charge is 2.27. The zero-order valence-electron chi connectivity index (χ0n) is 9.73. The lowest BCUT2D eigenvalue weighted by Crippen LogP contribution is -2.32. The zero-order chi connectivity index (χ0) is 12.2. The fourth-order valence-corrected chi connectivity index (χ4v) is 3.68. The maximum Gasteiger partial charge on any atom is 0.256 e. The van der Waals surface area contributed by atoms with Crippen LogP contribution in [0.2, 0.25) is 0 Å². The summed E-state index contributed by atoms with van der Waals surface area (Å²) in [5.41, 5.74) is 0. The molecule has 1 saturated heterocycles. The van der Waals surface area contributed by atoms with E-state index in [4.69, 9.17) is 17.0 Å². The van der Waals surface area contributed by atoms with Gasteiger partial charge in [0.2, 0.25) is 0 Å². The van der Waals surface area contributed by atoms with Crippen LogP contribution in [-0.2, 0) is 14.6 Å².